The Morgan fingerprint density at radius 3 is 2.12 bits per heavy atom. The molecule has 136 valence electrons. The van der Waals surface area contributed by atoms with Crippen molar-refractivity contribution in [3.8, 4) is 0 Å². The molecule has 0 saturated heterocycles. The van der Waals surface area contributed by atoms with Gasteiger partial charge in [0.2, 0.25) is 0 Å². The maximum Gasteiger partial charge on any atom is 0.432 e. The Bertz CT molecular complexity index is 514. The molecule has 0 spiro atoms. The summed E-state index contributed by atoms with van der Waals surface area (Å²) in [6.07, 6.45) is -3.33. The van der Waals surface area contributed by atoms with Gasteiger partial charge in [-0.2, -0.15) is 13.2 Å². The monoisotopic (exact) mass is 346 g/mol. The molecule has 1 aromatic carbocycles. The number of carbonyl (C=O) groups excluding carboxylic acids is 1. The lowest BCUT2D eigenvalue weighted by atomic mass is 9.92. The summed E-state index contributed by atoms with van der Waals surface area (Å²) in [4.78, 5) is 12.4. The van der Waals surface area contributed by atoms with Gasteiger partial charge < -0.3 is 9.47 Å². The smallest absolute Gasteiger partial charge is 0.432 e. The van der Waals surface area contributed by atoms with Crippen LogP contribution in [0.5, 0.6) is 0 Å². The molecule has 1 aromatic rings. The van der Waals surface area contributed by atoms with Crippen molar-refractivity contribution in [3.63, 3.8) is 0 Å². The molecule has 0 aromatic heterocycles. The van der Waals surface area contributed by atoms with E-state index in [4.69, 9.17) is 9.47 Å². The molecule has 6 heteroatoms. The first-order valence-electron chi connectivity index (χ1n) is 8.03. The van der Waals surface area contributed by atoms with Crippen LogP contribution in [0.1, 0.15) is 45.6 Å². The SMILES string of the molecule is CO[C@@](C(=O)O[C@H](C)CCCC(C)C)(c1ccccc1)C(F)(F)F. The fourth-order valence-corrected chi connectivity index (χ4v) is 2.53. The van der Waals surface area contributed by atoms with E-state index < -0.39 is 23.9 Å². The van der Waals surface area contributed by atoms with Crippen LogP contribution in [0.15, 0.2) is 30.3 Å². The van der Waals surface area contributed by atoms with Gasteiger partial charge in [-0.1, -0.05) is 50.6 Å². The maximum absolute atomic E-state index is 13.7. The summed E-state index contributed by atoms with van der Waals surface area (Å²) in [5, 5.41) is 0. The van der Waals surface area contributed by atoms with Crippen molar-refractivity contribution in [1.82, 2.24) is 0 Å². The van der Waals surface area contributed by atoms with Gasteiger partial charge in [-0.05, 0) is 25.7 Å². The number of alkyl halides is 3. The third-order valence-corrected chi connectivity index (χ3v) is 3.87. The number of rotatable bonds is 8. The van der Waals surface area contributed by atoms with Crippen LogP contribution in [-0.2, 0) is 19.9 Å². The topological polar surface area (TPSA) is 35.5 Å². The molecule has 0 saturated carbocycles. The van der Waals surface area contributed by atoms with Crippen LogP contribution in [-0.4, -0.2) is 25.4 Å². The Labute approximate surface area is 141 Å². The summed E-state index contributed by atoms with van der Waals surface area (Å²) < 4.78 is 50.9. The number of methoxy groups -OCH3 is 1. The minimum atomic E-state index is -4.93. The Kier molecular flexibility index (Phi) is 7.27. The standard InChI is InChI=1S/C18H25F3O3/c1-13(2)9-8-10-14(3)24-16(22)17(23-4,18(19,20)21)15-11-6-5-7-12-15/h5-7,11-14H,8-10H2,1-4H3/t14-,17-/m1/s1. The maximum atomic E-state index is 13.7. The van der Waals surface area contributed by atoms with E-state index in [1.165, 1.54) is 24.3 Å². The first kappa shape index (κ1) is 20.5. The van der Waals surface area contributed by atoms with E-state index in [1.807, 2.05) is 0 Å². The van der Waals surface area contributed by atoms with Gasteiger partial charge in [0.05, 0.1) is 6.10 Å². The Hall–Kier alpha value is -1.56. The second-order valence-corrected chi connectivity index (χ2v) is 6.29. The lowest BCUT2D eigenvalue weighted by Gasteiger charge is -2.33. The summed E-state index contributed by atoms with van der Waals surface area (Å²) >= 11 is 0. The van der Waals surface area contributed by atoms with Crippen molar-refractivity contribution in [2.75, 3.05) is 7.11 Å². The molecule has 3 nitrogen and oxygen atoms in total. The molecular weight excluding hydrogens is 321 g/mol. The largest absolute Gasteiger partial charge is 0.460 e. The van der Waals surface area contributed by atoms with Gasteiger partial charge >= 0.3 is 12.1 Å². The number of halogens is 3. The first-order chi connectivity index (χ1) is 11.1. The van der Waals surface area contributed by atoms with Gasteiger partial charge in [-0.3, -0.25) is 0 Å². The molecule has 24 heavy (non-hydrogen) atoms. The number of ether oxygens (including phenoxy) is 2. The fraction of sp³-hybridized carbons (Fsp3) is 0.611. The summed E-state index contributed by atoms with van der Waals surface area (Å²) in [7, 11) is 0.866. The van der Waals surface area contributed by atoms with Crippen LogP contribution in [0.4, 0.5) is 13.2 Å². The summed E-state index contributed by atoms with van der Waals surface area (Å²) in [6.45, 7) is 5.72. The second-order valence-electron chi connectivity index (χ2n) is 6.29. The third kappa shape index (κ3) is 4.72. The molecule has 2 atom stereocenters. The molecule has 0 aliphatic carbocycles. The van der Waals surface area contributed by atoms with Gasteiger partial charge in [0.15, 0.2) is 0 Å². The van der Waals surface area contributed by atoms with Gasteiger partial charge in [0.1, 0.15) is 0 Å². The van der Waals surface area contributed by atoms with E-state index in [-0.39, 0.29) is 5.56 Å². The zero-order chi connectivity index (χ0) is 18.4. The quantitative estimate of drug-likeness (QED) is 0.631. The Morgan fingerprint density at radius 2 is 1.67 bits per heavy atom. The van der Waals surface area contributed by atoms with Crippen molar-refractivity contribution in [2.45, 2.75) is 57.9 Å². The summed E-state index contributed by atoms with van der Waals surface area (Å²) in [6, 6.07) is 6.84. The Morgan fingerprint density at radius 1 is 1.08 bits per heavy atom. The van der Waals surface area contributed by atoms with Crippen LogP contribution < -0.4 is 0 Å². The molecule has 0 N–H and O–H groups in total. The van der Waals surface area contributed by atoms with E-state index in [0.717, 1.165) is 20.0 Å². The molecule has 0 unspecified atom stereocenters. The minimum absolute atomic E-state index is 0.292. The van der Waals surface area contributed by atoms with Gasteiger partial charge in [-0.25, -0.2) is 4.79 Å². The van der Waals surface area contributed by atoms with Crippen LogP contribution >= 0.6 is 0 Å². The van der Waals surface area contributed by atoms with Gasteiger partial charge in [0, 0.05) is 12.7 Å². The molecule has 0 radical (unpaired) electrons. The zero-order valence-corrected chi connectivity index (χ0v) is 14.5. The summed E-state index contributed by atoms with van der Waals surface area (Å²) in [5.41, 5.74) is -3.40. The highest BCUT2D eigenvalue weighted by molar-refractivity contribution is 5.82. The van der Waals surface area contributed by atoms with Crippen LogP contribution in [0, 0.1) is 5.92 Å². The zero-order valence-electron chi connectivity index (χ0n) is 14.5. The molecular formula is C18H25F3O3. The first-order valence-corrected chi connectivity index (χ1v) is 8.03. The second kappa shape index (κ2) is 8.51. The molecule has 0 aliphatic rings. The number of esters is 1. The molecule has 0 bridgehead atoms. The highest BCUT2D eigenvalue weighted by Crippen LogP contribution is 2.43. The fourth-order valence-electron chi connectivity index (χ4n) is 2.53. The predicted octanol–water partition coefficient (Wildman–Crippen LogP) is 4.85. The van der Waals surface area contributed by atoms with Gasteiger partial charge in [0.25, 0.3) is 5.60 Å². The molecule has 0 aliphatic heterocycles. The lowest BCUT2D eigenvalue weighted by Crippen LogP contribution is -2.52. The molecule has 0 fully saturated rings. The number of carbonyl (C=O) groups is 1. The average Bonchev–Trinajstić information content (AvgIpc) is 2.47. The Balaban J connectivity index is 2.98. The lowest BCUT2D eigenvalue weighted by molar-refractivity contribution is -0.278. The van der Waals surface area contributed by atoms with Crippen molar-refractivity contribution in [1.29, 1.82) is 0 Å². The highest BCUT2D eigenvalue weighted by atomic mass is 19.4. The van der Waals surface area contributed by atoms with E-state index in [1.54, 1.807) is 13.0 Å². The number of benzene rings is 1. The van der Waals surface area contributed by atoms with Crippen molar-refractivity contribution in [2.24, 2.45) is 5.92 Å². The summed E-state index contributed by atoms with van der Waals surface area (Å²) in [5.74, 6) is -0.939. The van der Waals surface area contributed by atoms with Crippen molar-refractivity contribution < 1.29 is 27.4 Å². The van der Waals surface area contributed by atoms with Crippen molar-refractivity contribution in [3.05, 3.63) is 35.9 Å². The van der Waals surface area contributed by atoms with Crippen molar-refractivity contribution >= 4 is 5.97 Å². The van der Waals surface area contributed by atoms with E-state index in [2.05, 4.69) is 13.8 Å². The van der Waals surface area contributed by atoms with E-state index in [0.29, 0.717) is 12.3 Å². The van der Waals surface area contributed by atoms with Gasteiger partial charge in [-0.15, -0.1) is 0 Å². The highest BCUT2D eigenvalue weighted by Gasteiger charge is 2.64. The predicted molar refractivity (Wildman–Crippen MR) is 85.4 cm³/mol. The van der Waals surface area contributed by atoms with Crippen LogP contribution in [0.25, 0.3) is 0 Å². The molecule has 0 heterocycles. The minimum Gasteiger partial charge on any atom is -0.460 e. The molecule has 0 amide bonds. The number of hydrogen-bond acceptors (Lipinski definition) is 3. The number of hydrogen-bond donors (Lipinski definition) is 0. The normalized spacial score (nSPS) is 15.8. The third-order valence-electron chi connectivity index (χ3n) is 3.87. The molecule has 1 rings (SSSR count). The van der Waals surface area contributed by atoms with E-state index >= 15 is 0 Å². The van der Waals surface area contributed by atoms with E-state index in [9.17, 15) is 18.0 Å². The van der Waals surface area contributed by atoms with Crippen LogP contribution in [0.3, 0.4) is 0 Å². The van der Waals surface area contributed by atoms with Crippen LogP contribution in [0.2, 0.25) is 0 Å². The average molecular weight is 346 g/mol.